The van der Waals surface area contributed by atoms with Crippen molar-refractivity contribution in [2.24, 2.45) is 0 Å². The Hall–Kier alpha value is -2.87. The molecule has 0 N–H and O–H groups in total. The van der Waals surface area contributed by atoms with Gasteiger partial charge in [0.1, 0.15) is 6.54 Å². The zero-order valence-electron chi connectivity index (χ0n) is 16.2. The molecular weight excluding hydrogens is 414 g/mol. The summed E-state index contributed by atoms with van der Waals surface area (Å²) in [5, 5.41) is 0.681. The van der Waals surface area contributed by atoms with Gasteiger partial charge < -0.3 is 14.7 Å². The maximum atomic E-state index is 13.5. The monoisotopic (exact) mass is 434 g/mol. The number of benzene rings is 2. The van der Waals surface area contributed by atoms with Crippen molar-refractivity contribution < 1.29 is 18.4 Å². The van der Waals surface area contributed by atoms with Gasteiger partial charge in [-0.2, -0.15) is 0 Å². The van der Waals surface area contributed by atoms with Gasteiger partial charge in [0, 0.05) is 61.7 Å². The topological polar surface area (TPSA) is 47.1 Å². The Bertz CT molecular complexity index is 949. The third-order valence-corrected chi connectivity index (χ3v) is 5.71. The molecule has 9 heteroatoms. The molecule has 0 aliphatic carbocycles. The van der Waals surface area contributed by atoms with Gasteiger partial charge in [-0.1, -0.05) is 11.6 Å². The molecule has 0 saturated carbocycles. The summed E-state index contributed by atoms with van der Waals surface area (Å²) in [6, 6.07) is 10.6. The van der Waals surface area contributed by atoms with Crippen molar-refractivity contribution >= 4 is 34.9 Å². The SMILES string of the molecule is O=C(CN1CCN(c2ccc(F)c(F)c2)C1=O)N1CCN(c2ccc(Cl)cc2)CC1. The first-order valence-electron chi connectivity index (χ1n) is 9.72. The predicted octanol–water partition coefficient (Wildman–Crippen LogP) is 3.21. The van der Waals surface area contributed by atoms with E-state index in [1.807, 2.05) is 24.3 Å². The molecule has 158 valence electrons. The molecule has 2 fully saturated rings. The fourth-order valence-electron chi connectivity index (χ4n) is 3.75. The molecule has 2 heterocycles. The van der Waals surface area contributed by atoms with E-state index in [9.17, 15) is 18.4 Å². The molecule has 2 aliphatic rings. The van der Waals surface area contributed by atoms with E-state index in [0.717, 1.165) is 17.8 Å². The molecule has 0 radical (unpaired) electrons. The molecule has 2 aliphatic heterocycles. The van der Waals surface area contributed by atoms with Crippen molar-refractivity contribution in [3.63, 3.8) is 0 Å². The Labute approximate surface area is 178 Å². The highest BCUT2D eigenvalue weighted by molar-refractivity contribution is 6.30. The Balaban J connectivity index is 1.32. The molecule has 4 rings (SSSR count). The first-order valence-corrected chi connectivity index (χ1v) is 10.1. The van der Waals surface area contributed by atoms with Gasteiger partial charge in [-0.15, -0.1) is 0 Å². The van der Waals surface area contributed by atoms with Gasteiger partial charge in [-0.05, 0) is 36.4 Å². The molecule has 0 spiro atoms. The normalized spacial score (nSPS) is 17.1. The lowest BCUT2D eigenvalue weighted by Gasteiger charge is -2.36. The number of rotatable bonds is 4. The summed E-state index contributed by atoms with van der Waals surface area (Å²) in [5.74, 6) is -2.09. The number of carbonyl (C=O) groups excluding carboxylic acids is 2. The molecule has 30 heavy (non-hydrogen) atoms. The molecule has 3 amide bonds. The Morgan fingerprint density at radius 3 is 2.20 bits per heavy atom. The summed E-state index contributed by atoms with van der Waals surface area (Å²) in [6.45, 7) is 3.17. The fraction of sp³-hybridized carbons (Fsp3) is 0.333. The van der Waals surface area contributed by atoms with Crippen molar-refractivity contribution in [1.29, 1.82) is 0 Å². The van der Waals surface area contributed by atoms with Gasteiger partial charge >= 0.3 is 6.03 Å². The average Bonchev–Trinajstić information content (AvgIpc) is 3.11. The van der Waals surface area contributed by atoms with Crippen LogP contribution in [0.15, 0.2) is 42.5 Å². The number of piperazine rings is 1. The summed E-state index contributed by atoms with van der Waals surface area (Å²) < 4.78 is 26.6. The van der Waals surface area contributed by atoms with Crippen LogP contribution in [0.3, 0.4) is 0 Å². The minimum Gasteiger partial charge on any atom is -0.368 e. The minimum atomic E-state index is -1.01. The van der Waals surface area contributed by atoms with Crippen LogP contribution in [0.4, 0.5) is 25.0 Å². The second-order valence-corrected chi connectivity index (χ2v) is 7.73. The molecule has 0 unspecified atom stereocenters. The van der Waals surface area contributed by atoms with Crippen molar-refractivity contribution in [2.75, 3.05) is 55.6 Å². The first-order chi connectivity index (χ1) is 14.4. The average molecular weight is 435 g/mol. The third-order valence-electron chi connectivity index (χ3n) is 5.46. The van der Waals surface area contributed by atoms with Crippen molar-refractivity contribution in [1.82, 2.24) is 9.80 Å². The van der Waals surface area contributed by atoms with Gasteiger partial charge in [-0.3, -0.25) is 9.69 Å². The standard InChI is InChI=1S/C21H21ClF2N4O2/c22-15-1-3-16(4-2-15)25-7-9-26(10-8-25)20(29)14-27-11-12-28(21(27)30)17-5-6-18(23)19(24)13-17/h1-6,13H,7-12,14H2. The Kier molecular flexibility index (Phi) is 5.76. The largest absolute Gasteiger partial charge is 0.368 e. The highest BCUT2D eigenvalue weighted by atomic mass is 35.5. The highest BCUT2D eigenvalue weighted by Crippen LogP contribution is 2.23. The highest BCUT2D eigenvalue weighted by Gasteiger charge is 2.33. The molecule has 2 saturated heterocycles. The summed E-state index contributed by atoms with van der Waals surface area (Å²) in [4.78, 5) is 32.1. The smallest absolute Gasteiger partial charge is 0.325 e. The minimum absolute atomic E-state index is 0.0278. The number of nitrogens with zero attached hydrogens (tertiary/aromatic N) is 4. The van der Waals surface area contributed by atoms with Crippen LogP contribution in [0, 0.1) is 11.6 Å². The lowest BCUT2D eigenvalue weighted by Crippen LogP contribution is -2.51. The summed E-state index contributed by atoms with van der Waals surface area (Å²) >= 11 is 5.93. The number of amides is 3. The quantitative estimate of drug-likeness (QED) is 0.742. The molecular formula is C21H21ClF2N4O2. The molecule has 2 aromatic rings. The van der Waals surface area contributed by atoms with Crippen LogP contribution < -0.4 is 9.80 Å². The third kappa shape index (κ3) is 4.18. The Morgan fingerprint density at radius 2 is 1.53 bits per heavy atom. The fourth-order valence-corrected chi connectivity index (χ4v) is 3.88. The van der Waals surface area contributed by atoms with Gasteiger partial charge in [-0.25, -0.2) is 13.6 Å². The van der Waals surface area contributed by atoms with E-state index >= 15 is 0 Å². The van der Waals surface area contributed by atoms with Crippen LogP contribution in [-0.4, -0.2) is 67.6 Å². The maximum Gasteiger partial charge on any atom is 0.325 e. The lowest BCUT2D eigenvalue weighted by molar-refractivity contribution is -0.131. The van der Waals surface area contributed by atoms with E-state index in [1.165, 1.54) is 15.9 Å². The first kappa shape index (κ1) is 20.4. The van der Waals surface area contributed by atoms with Crippen molar-refractivity contribution in [3.8, 4) is 0 Å². The summed E-state index contributed by atoms with van der Waals surface area (Å²) in [5.41, 5.74) is 1.34. The van der Waals surface area contributed by atoms with Crippen molar-refractivity contribution in [2.45, 2.75) is 0 Å². The van der Waals surface area contributed by atoms with Gasteiger partial charge in [0.25, 0.3) is 0 Å². The van der Waals surface area contributed by atoms with Crippen LogP contribution in [0.25, 0.3) is 0 Å². The molecule has 0 atom stereocenters. The van der Waals surface area contributed by atoms with E-state index in [4.69, 9.17) is 11.6 Å². The van der Waals surface area contributed by atoms with Gasteiger partial charge in [0.15, 0.2) is 11.6 Å². The van der Waals surface area contributed by atoms with Crippen LogP contribution in [0.5, 0.6) is 0 Å². The number of hydrogen-bond acceptors (Lipinski definition) is 3. The second-order valence-electron chi connectivity index (χ2n) is 7.30. The maximum absolute atomic E-state index is 13.5. The van der Waals surface area contributed by atoms with E-state index in [-0.39, 0.29) is 24.2 Å². The number of urea groups is 1. The zero-order valence-corrected chi connectivity index (χ0v) is 17.0. The van der Waals surface area contributed by atoms with E-state index < -0.39 is 11.6 Å². The lowest BCUT2D eigenvalue weighted by atomic mass is 10.2. The van der Waals surface area contributed by atoms with Gasteiger partial charge in [0.05, 0.1) is 0 Å². The van der Waals surface area contributed by atoms with E-state index in [1.54, 1.807) is 4.90 Å². The number of anilines is 2. The molecule has 6 nitrogen and oxygen atoms in total. The van der Waals surface area contributed by atoms with Crippen LogP contribution in [-0.2, 0) is 4.79 Å². The zero-order chi connectivity index (χ0) is 21.3. The molecule has 0 aromatic heterocycles. The second kappa shape index (κ2) is 8.47. The van der Waals surface area contributed by atoms with E-state index in [0.29, 0.717) is 44.3 Å². The van der Waals surface area contributed by atoms with Crippen LogP contribution >= 0.6 is 11.6 Å². The molecule has 2 aromatic carbocycles. The van der Waals surface area contributed by atoms with Crippen LogP contribution in [0.2, 0.25) is 5.02 Å². The van der Waals surface area contributed by atoms with E-state index in [2.05, 4.69) is 4.90 Å². The number of hydrogen-bond donors (Lipinski definition) is 0. The number of halogens is 3. The van der Waals surface area contributed by atoms with Gasteiger partial charge in [0.2, 0.25) is 5.91 Å². The molecule has 0 bridgehead atoms. The number of carbonyl (C=O) groups is 2. The summed E-state index contributed by atoms with van der Waals surface area (Å²) in [7, 11) is 0. The predicted molar refractivity (Wildman–Crippen MR) is 111 cm³/mol. The van der Waals surface area contributed by atoms with Crippen LogP contribution in [0.1, 0.15) is 0 Å². The Morgan fingerprint density at radius 1 is 0.867 bits per heavy atom. The summed E-state index contributed by atoms with van der Waals surface area (Å²) in [6.07, 6.45) is 0. The van der Waals surface area contributed by atoms with Crippen molar-refractivity contribution in [3.05, 3.63) is 59.1 Å².